The Balaban J connectivity index is 2.35. The van der Waals surface area contributed by atoms with Crippen LogP contribution in [0.4, 0.5) is 11.5 Å². The van der Waals surface area contributed by atoms with Gasteiger partial charge in [0.05, 0.1) is 11.3 Å². The van der Waals surface area contributed by atoms with Gasteiger partial charge in [-0.3, -0.25) is 0 Å². The van der Waals surface area contributed by atoms with E-state index in [1.165, 1.54) is 12.5 Å². The van der Waals surface area contributed by atoms with E-state index in [1.54, 1.807) is 0 Å². The lowest BCUT2D eigenvalue weighted by atomic mass is 10.2. The predicted molar refractivity (Wildman–Crippen MR) is 64.4 cm³/mol. The summed E-state index contributed by atoms with van der Waals surface area (Å²) in [7, 11) is 0. The third kappa shape index (κ3) is 2.06. The van der Waals surface area contributed by atoms with E-state index in [9.17, 15) is 0 Å². The molecule has 80 valence electrons. The molecule has 0 unspecified atom stereocenters. The van der Waals surface area contributed by atoms with Crippen LogP contribution in [-0.2, 0) is 0 Å². The maximum Gasteiger partial charge on any atom is 0.142 e. The summed E-state index contributed by atoms with van der Waals surface area (Å²) in [5, 5.41) is 10.5. The Morgan fingerprint density at radius 2 is 1.94 bits per heavy atom. The van der Waals surface area contributed by atoms with Crippen molar-refractivity contribution < 1.29 is 0 Å². The fourth-order valence-corrected chi connectivity index (χ4v) is 1.41. The first kappa shape index (κ1) is 10.3. The average molecular weight is 212 g/mol. The van der Waals surface area contributed by atoms with Crippen molar-refractivity contribution in [3.63, 3.8) is 0 Å². The van der Waals surface area contributed by atoms with Gasteiger partial charge in [-0.2, -0.15) is 0 Å². The van der Waals surface area contributed by atoms with Crippen molar-refractivity contribution >= 4 is 17.7 Å². The van der Waals surface area contributed by atoms with Gasteiger partial charge in [0.2, 0.25) is 0 Å². The number of rotatable bonds is 3. The number of benzene rings is 1. The zero-order chi connectivity index (χ0) is 11.4. The molecule has 4 nitrogen and oxygen atoms in total. The molecule has 2 rings (SSSR count). The lowest BCUT2D eigenvalue weighted by Crippen LogP contribution is -2.02. The molecule has 1 heterocycles. The molecule has 0 saturated carbocycles. The summed E-state index contributed by atoms with van der Waals surface area (Å²) in [4.78, 5) is 8.18. The Hall–Kier alpha value is -2.23. The molecule has 16 heavy (non-hydrogen) atoms. The number of hydrogen-bond donors (Lipinski definition) is 2. The van der Waals surface area contributed by atoms with Crippen molar-refractivity contribution in [2.24, 2.45) is 0 Å². The van der Waals surface area contributed by atoms with Crippen LogP contribution in [0.15, 0.2) is 36.7 Å². The molecule has 0 aliphatic heterocycles. The molecule has 0 aliphatic carbocycles. The molecule has 0 aliphatic rings. The van der Waals surface area contributed by atoms with E-state index in [2.05, 4.69) is 15.3 Å². The van der Waals surface area contributed by atoms with Crippen LogP contribution in [0.3, 0.4) is 0 Å². The summed E-state index contributed by atoms with van der Waals surface area (Å²) in [6, 6.07) is 9.74. The van der Waals surface area contributed by atoms with Crippen molar-refractivity contribution in [3.05, 3.63) is 47.9 Å². The van der Waals surface area contributed by atoms with E-state index < -0.39 is 0 Å². The molecule has 0 bridgehead atoms. The molecule has 1 aromatic heterocycles. The monoisotopic (exact) mass is 212 g/mol. The van der Waals surface area contributed by atoms with Crippen molar-refractivity contribution in [2.75, 3.05) is 5.32 Å². The molecule has 0 amide bonds. The molecule has 0 radical (unpaired) electrons. The van der Waals surface area contributed by atoms with E-state index in [0.29, 0.717) is 11.4 Å². The highest BCUT2D eigenvalue weighted by Crippen LogP contribution is 2.17. The minimum absolute atomic E-state index is 0.661. The maximum absolute atomic E-state index is 7.35. The van der Waals surface area contributed by atoms with Crippen LogP contribution in [0.5, 0.6) is 0 Å². The van der Waals surface area contributed by atoms with Crippen molar-refractivity contribution in [3.8, 4) is 0 Å². The Bertz CT molecular complexity index is 494. The summed E-state index contributed by atoms with van der Waals surface area (Å²) in [5.41, 5.74) is 2.46. The molecular weight excluding hydrogens is 200 g/mol. The number of nitrogens with one attached hydrogen (secondary N) is 2. The molecular formula is C12H12N4. The van der Waals surface area contributed by atoms with Crippen LogP contribution >= 0.6 is 0 Å². The van der Waals surface area contributed by atoms with E-state index in [1.807, 2.05) is 37.3 Å². The number of aromatic nitrogens is 2. The Labute approximate surface area is 93.9 Å². The largest absolute Gasteiger partial charge is 0.340 e. The van der Waals surface area contributed by atoms with Gasteiger partial charge in [-0.15, -0.1) is 0 Å². The Morgan fingerprint density at radius 3 is 2.62 bits per heavy atom. The van der Waals surface area contributed by atoms with Gasteiger partial charge in [0, 0.05) is 11.9 Å². The van der Waals surface area contributed by atoms with Crippen molar-refractivity contribution in [1.29, 1.82) is 5.41 Å². The van der Waals surface area contributed by atoms with Crippen LogP contribution in [0.2, 0.25) is 0 Å². The molecule has 2 N–H and O–H groups in total. The van der Waals surface area contributed by atoms with Crippen LogP contribution < -0.4 is 5.32 Å². The molecule has 2 aromatic rings. The maximum atomic E-state index is 7.35. The second-order valence-corrected chi connectivity index (χ2v) is 3.36. The molecule has 0 atom stereocenters. The smallest absolute Gasteiger partial charge is 0.142 e. The topological polar surface area (TPSA) is 61.7 Å². The van der Waals surface area contributed by atoms with Crippen LogP contribution in [0.25, 0.3) is 0 Å². The predicted octanol–water partition coefficient (Wildman–Crippen LogP) is 2.53. The van der Waals surface area contributed by atoms with Gasteiger partial charge in [0.25, 0.3) is 0 Å². The molecule has 1 aromatic carbocycles. The van der Waals surface area contributed by atoms with Crippen LogP contribution in [0, 0.1) is 12.3 Å². The van der Waals surface area contributed by atoms with Gasteiger partial charge < -0.3 is 10.7 Å². The first-order chi connectivity index (χ1) is 7.81. The first-order valence-corrected chi connectivity index (χ1v) is 4.95. The third-order valence-electron chi connectivity index (χ3n) is 2.26. The fraction of sp³-hybridized carbons (Fsp3) is 0.0833. The van der Waals surface area contributed by atoms with Crippen molar-refractivity contribution in [2.45, 2.75) is 6.92 Å². The number of anilines is 2. The highest BCUT2D eigenvalue weighted by Gasteiger charge is 2.05. The molecule has 0 saturated heterocycles. The SMILES string of the molecule is Cc1ncnc(Nc2ccccc2)c1C=N. The quantitative estimate of drug-likeness (QED) is 0.768. The summed E-state index contributed by atoms with van der Waals surface area (Å²) < 4.78 is 0. The highest BCUT2D eigenvalue weighted by atomic mass is 15.0. The lowest BCUT2D eigenvalue weighted by Gasteiger charge is -2.08. The highest BCUT2D eigenvalue weighted by molar-refractivity contribution is 5.86. The molecule has 4 heteroatoms. The van der Waals surface area contributed by atoms with Gasteiger partial charge in [-0.05, 0) is 19.1 Å². The van der Waals surface area contributed by atoms with Crippen LogP contribution in [-0.4, -0.2) is 16.2 Å². The number of aryl methyl sites for hydroxylation is 1. The number of hydrogen-bond acceptors (Lipinski definition) is 4. The average Bonchev–Trinajstić information content (AvgIpc) is 2.31. The zero-order valence-corrected chi connectivity index (χ0v) is 8.94. The van der Waals surface area contributed by atoms with E-state index in [-0.39, 0.29) is 0 Å². The summed E-state index contributed by atoms with van der Waals surface area (Å²) in [5.74, 6) is 0.661. The van der Waals surface area contributed by atoms with Crippen molar-refractivity contribution in [1.82, 2.24) is 9.97 Å². The minimum Gasteiger partial charge on any atom is -0.340 e. The second kappa shape index (κ2) is 4.53. The Morgan fingerprint density at radius 1 is 1.19 bits per heavy atom. The van der Waals surface area contributed by atoms with E-state index in [0.717, 1.165) is 11.4 Å². The number of nitrogens with zero attached hydrogens (tertiary/aromatic N) is 2. The normalized spacial score (nSPS) is 9.81. The fourth-order valence-electron chi connectivity index (χ4n) is 1.41. The second-order valence-electron chi connectivity index (χ2n) is 3.36. The summed E-state index contributed by atoms with van der Waals surface area (Å²) in [6.07, 6.45) is 2.76. The minimum atomic E-state index is 0.661. The van der Waals surface area contributed by atoms with Crippen LogP contribution in [0.1, 0.15) is 11.3 Å². The molecule has 0 spiro atoms. The van der Waals surface area contributed by atoms with E-state index in [4.69, 9.17) is 5.41 Å². The van der Waals surface area contributed by atoms with Gasteiger partial charge in [0.15, 0.2) is 0 Å². The Kier molecular flexibility index (Phi) is 2.91. The standard InChI is InChI=1S/C12H12N4/c1-9-11(7-13)12(15-8-14-9)16-10-5-3-2-4-6-10/h2-8,13H,1H3,(H,14,15,16). The van der Waals surface area contributed by atoms with Gasteiger partial charge in [0.1, 0.15) is 12.1 Å². The zero-order valence-electron chi connectivity index (χ0n) is 8.94. The van der Waals surface area contributed by atoms with E-state index >= 15 is 0 Å². The number of para-hydroxylation sites is 1. The third-order valence-corrected chi connectivity index (χ3v) is 2.26. The summed E-state index contributed by atoms with van der Waals surface area (Å²) in [6.45, 7) is 1.86. The van der Waals surface area contributed by atoms with Gasteiger partial charge in [-0.25, -0.2) is 9.97 Å². The lowest BCUT2D eigenvalue weighted by molar-refractivity contribution is 1.09. The first-order valence-electron chi connectivity index (χ1n) is 4.95. The molecule has 0 fully saturated rings. The van der Waals surface area contributed by atoms with Gasteiger partial charge >= 0.3 is 0 Å². The summed E-state index contributed by atoms with van der Waals surface area (Å²) >= 11 is 0. The van der Waals surface area contributed by atoms with Gasteiger partial charge in [-0.1, -0.05) is 18.2 Å².